The fourth-order valence-electron chi connectivity index (χ4n) is 2.96. The van der Waals surface area contributed by atoms with Gasteiger partial charge >= 0.3 is 0 Å². The van der Waals surface area contributed by atoms with Crippen molar-refractivity contribution in [2.75, 3.05) is 16.8 Å². The van der Waals surface area contributed by atoms with Crippen LogP contribution in [-0.2, 0) is 0 Å². The van der Waals surface area contributed by atoms with Crippen molar-refractivity contribution < 1.29 is 0 Å². The van der Waals surface area contributed by atoms with Gasteiger partial charge in [0.05, 0.1) is 11.4 Å². The van der Waals surface area contributed by atoms with E-state index in [0.29, 0.717) is 5.92 Å². The second-order valence-electron chi connectivity index (χ2n) is 6.22. The van der Waals surface area contributed by atoms with Crippen molar-refractivity contribution in [3.05, 3.63) is 35.5 Å². The van der Waals surface area contributed by atoms with E-state index in [4.69, 9.17) is 0 Å². The van der Waals surface area contributed by atoms with Crippen molar-refractivity contribution in [3.63, 3.8) is 0 Å². The summed E-state index contributed by atoms with van der Waals surface area (Å²) in [4.78, 5) is 4.92. The van der Waals surface area contributed by atoms with Crippen LogP contribution < -0.4 is 9.80 Å². The van der Waals surface area contributed by atoms with Crippen LogP contribution in [0.15, 0.2) is 35.5 Å². The molecule has 1 aliphatic heterocycles. The van der Waals surface area contributed by atoms with Gasteiger partial charge < -0.3 is 9.80 Å². The zero-order chi connectivity index (χ0) is 14.4. The molecule has 1 heterocycles. The molecule has 1 aliphatic rings. The minimum atomic E-state index is -0.00889. The van der Waals surface area contributed by atoms with Crippen molar-refractivity contribution in [2.45, 2.75) is 47.2 Å². The number of fused-ring (bicyclic) bond motifs is 1. The Morgan fingerprint density at radius 1 is 1.05 bits per heavy atom. The van der Waals surface area contributed by atoms with E-state index in [0.717, 1.165) is 0 Å². The molecule has 104 valence electrons. The number of nitrogens with zero attached hydrogens (tertiary/aromatic N) is 2. The molecule has 1 unspecified atom stereocenters. The lowest BCUT2D eigenvalue weighted by Gasteiger charge is -2.45. The van der Waals surface area contributed by atoms with Gasteiger partial charge in [0.15, 0.2) is 0 Å². The van der Waals surface area contributed by atoms with E-state index >= 15 is 0 Å². The molecule has 1 atom stereocenters. The maximum Gasteiger partial charge on any atom is 0.116 e. The molecule has 2 heteroatoms. The minimum absolute atomic E-state index is 0.00889. The van der Waals surface area contributed by atoms with Crippen molar-refractivity contribution in [2.24, 2.45) is 5.92 Å². The summed E-state index contributed by atoms with van der Waals surface area (Å²) in [5, 5.41) is 0. The molecule has 0 fully saturated rings. The van der Waals surface area contributed by atoms with Gasteiger partial charge in [-0.25, -0.2) is 0 Å². The molecule has 0 aliphatic carbocycles. The molecular formula is C17H26N2. The Labute approximate surface area is 117 Å². The molecule has 1 aromatic carbocycles. The Hall–Kier alpha value is -1.44. The normalized spacial score (nSPS) is 21.9. The standard InChI is InChI=1S/C17H26N2/c1-12(2)14(5)19-16-11-9-8-10-15(16)18(7)17(19,6)13(3)4/h8-11,13H,1-7H3. The first-order valence-electron chi connectivity index (χ1n) is 7.09. The first kappa shape index (κ1) is 14.0. The average Bonchev–Trinajstić information content (AvgIpc) is 2.59. The topological polar surface area (TPSA) is 6.48 Å². The van der Waals surface area contributed by atoms with Crippen molar-refractivity contribution in [1.29, 1.82) is 0 Å². The monoisotopic (exact) mass is 258 g/mol. The predicted octanol–water partition coefficient (Wildman–Crippen LogP) is 4.63. The Morgan fingerprint density at radius 3 is 2.05 bits per heavy atom. The molecule has 2 nitrogen and oxygen atoms in total. The van der Waals surface area contributed by atoms with Crippen molar-refractivity contribution in [1.82, 2.24) is 0 Å². The summed E-state index contributed by atoms with van der Waals surface area (Å²) in [5.41, 5.74) is 5.36. The Balaban J connectivity index is 2.69. The highest BCUT2D eigenvalue weighted by molar-refractivity contribution is 5.81. The average molecular weight is 258 g/mol. The number of para-hydroxylation sites is 2. The predicted molar refractivity (Wildman–Crippen MR) is 84.6 cm³/mol. The summed E-state index contributed by atoms with van der Waals surface area (Å²) in [6, 6.07) is 8.70. The zero-order valence-electron chi connectivity index (χ0n) is 13.3. The Morgan fingerprint density at radius 2 is 1.58 bits per heavy atom. The maximum atomic E-state index is 2.50. The minimum Gasteiger partial charge on any atom is -0.350 e. The highest BCUT2D eigenvalue weighted by Gasteiger charge is 2.46. The Kier molecular flexibility index (Phi) is 3.38. The van der Waals surface area contributed by atoms with Gasteiger partial charge in [-0.1, -0.05) is 31.6 Å². The molecule has 0 saturated heterocycles. The third-order valence-electron chi connectivity index (χ3n) is 4.77. The van der Waals surface area contributed by atoms with Crippen LogP contribution in [0, 0.1) is 5.92 Å². The van der Waals surface area contributed by atoms with Gasteiger partial charge in [-0.2, -0.15) is 0 Å². The van der Waals surface area contributed by atoms with Crippen LogP contribution in [0.2, 0.25) is 0 Å². The summed E-state index contributed by atoms with van der Waals surface area (Å²) >= 11 is 0. The van der Waals surface area contributed by atoms with Crippen molar-refractivity contribution in [3.8, 4) is 0 Å². The number of hydrogen-bond acceptors (Lipinski definition) is 2. The summed E-state index contributed by atoms with van der Waals surface area (Å²) in [7, 11) is 2.21. The molecule has 0 saturated carbocycles. The first-order valence-corrected chi connectivity index (χ1v) is 7.09. The summed E-state index contributed by atoms with van der Waals surface area (Å²) in [5.74, 6) is 0.527. The van der Waals surface area contributed by atoms with Gasteiger partial charge in [0.2, 0.25) is 0 Å². The smallest absolute Gasteiger partial charge is 0.116 e. The van der Waals surface area contributed by atoms with E-state index in [1.165, 1.54) is 22.6 Å². The third kappa shape index (κ3) is 1.85. The van der Waals surface area contributed by atoms with Gasteiger partial charge in [-0.15, -0.1) is 0 Å². The molecule has 1 aromatic rings. The molecule has 2 rings (SSSR count). The van der Waals surface area contributed by atoms with Crippen molar-refractivity contribution >= 4 is 11.4 Å². The number of anilines is 2. The quantitative estimate of drug-likeness (QED) is 0.763. The van der Waals surface area contributed by atoms with Crippen LogP contribution in [0.3, 0.4) is 0 Å². The van der Waals surface area contributed by atoms with Crippen LogP contribution in [0.1, 0.15) is 41.5 Å². The van der Waals surface area contributed by atoms with Crippen LogP contribution in [-0.4, -0.2) is 12.7 Å². The molecule has 0 radical (unpaired) electrons. The second kappa shape index (κ2) is 4.59. The number of hydrogen-bond donors (Lipinski definition) is 0. The SMILES string of the molecule is CC(C)=C(C)N1c2ccccc2N(C)C1(C)C(C)C. The first-order chi connectivity index (χ1) is 8.81. The highest BCUT2D eigenvalue weighted by atomic mass is 15.5. The van der Waals surface area contributed by atoms with Crippen LogP contribution in [0.4, 0.5) is 11.4 Å². The second-order valence-corrected chi connectivity index (χ2v) is 6.22. The fraction of sp³-hybridized carbons (Fsp3) is 0.529. The molecule has 0 bridgehead atoms. The summed E-state index contributed by atoms with van der Waals surface area (Å²) in [6.45, 7) is 13.5. The van der Waals surface area contributed by atoms with Gasteiger partial charge in [-0.05, 0) is 45.7 Å². The lowest BCUT2D eigenvalue weighted by Crippen LogP contribution is -2.56. The summed E-state index contributed by atoms with van der Waals surface area (Å²) in [6.07, 6.45) is 0. The maximum absolute atomic E-state index is 2.50. The van der Waals surface area contributed by atoms with Gasteiger partial charge in [0.25, 0.3) is 0 Å². The van der Waals surface area contributed by atoms with E-state index < -0.39 is 0 Å². The number of allylic oxidation sites excluding steroid dienone is 2. The molecule has 0 aromatic heterocycles. The fourth-order valence-corrected chi connectivity index (χ4v) is 2.96. The van der Waals surface area contributed by atoms with Gasteiger partial charge in [-0.3, -0.25) is 0 Å². The van der Waals surface area contributed by atoms with Crippen LogP contribution in [0.25, 0.3) is 0 Å². The third-order valence-corrected chi connectivity index (χ3v) is 4.77. The van der Waals surface area contributed by atoms with Gasteiger partial charge in [0, 0.05) is 12.7 Å². The number of rotatable bonds is 2. The van der Waals surface area contributed by atoms with E-state index in [1.54, 1.807) is 0 Å². The molecule has 0 spiro atoms. The largest absolute Gasteiger partial charge is 0.350 e. The zero-order valence-corrected chi connectivity index (χ0v) is 13.3. The lowest BCUT2D eigenvalue weighted by molar-refractivity contribution is 0.336. The lowest BCUT2D eigenvalue weighted by atomic mass is 9.94. The molecule has 0 amide bonds. The van der Waals surface area contributed by atoms with E-state index in [1.807, 2.05) is 0 Å². The van der Waals surface area contributed by atoms with Gasteiger partial charge in [0.1, 0.15) is 5.66 Å². The number of benzene rings is 1. The molecular weight excluding hydrogens is 232 g/mol. The molecule has 0 N–H and O–H groups in total. The molecule has 19 heavy (non-hydrogen) atoms. The van der Waals surface area contributed by atoms with E-state index in [-0.39, 0.29) is 5.66 Å². The summed E-state index contributed by atoms with van der Waals surface area (Å²) < 4.78 is 0. The Bertz CT molecular complexity index is 512. The van der Waals surface area contributed by atoms with Crippen LogP contribution >= 0.6 is 0 Å². The highest BCUT2D eigenvalue weighted by Crippen LogP contribution is 2.49. The van der Waals surface area contributed by atoms with E-state index in [2.05, 4.69) is 82.7 Å². The van der Waals surface area contributed by atoms with Crippen LogP contribution in [0.5, 0.6) is 0 Å². The van der Waals surface area contributed by atoms with E-state index in [9.17, 15) is 0 Å².